The third kappa shape index (κ3) is 7.42. The molecule has 6 nitrogen and oxygen atoms in total. The fourth-order valence-corrected chi connectivity index (χ4v) is 8.73. The van der Waals surface area contributed by atoms with Gasteiger partial charge in [0.05, 0.1) is 0 Å². The summed E-state index contributed by atoms with van der Waals surface area (Å²) >= 11 is 0. The van der Waals surface area contributed by atoms with Crippen molar-refractivity contribution in [3.8, 4) is 90.6 Å². The lowest BCUT2D eigenvalue weighted by molar-refractivity contribution is 1.07. The molecule has 0 saturated carbocycles. The third-order valence-corrected chi connectivity index (χ3v) is 12.2. The van der Waals surface area contributed by atoms with Gasteiger partial charge in [-0.3, -0.25) is 0 Å². The van der Waals surface area contributed by atoms with Crippen LogP contribution in [0.5, 0.6) is 0 Å². The third-order valence-electron chi connectivity index (χ3n) is 12.2. The van der Waals surface area contributed by atoms with Gasteiger partial charge in [0, 0.05) is 33.4 Å². The summed E-state index contributed by atoms with van der Waals surface area (Å²) in [5.74, 6) is 3.85. The molecule has 6 heteroatoms. The van der Waals surface area contributed by atoms with Crippen LogP contribution < -0.4 is 0 Å². The maximum Gasteiger partial charge on any atom is 0.164 e. The number of rotatable bonds is 8. The average molecular weight is 843 g/mol. The van der Waals surface area contributed by atoms with Crippen LogP contribution >= 0.6 is 0 Å². The predicted molar refractivity (Wildman–Crippen MR) is 269 cm³/mol. The van der Waals surface area contributed by atoms with Crippen molar-refractivity contribution in [1.29, 1.82) is 0 Å². The van der Waals surface area contributed by atoms with E-state index in [1.807, 2.05) is 121 Å². The van der Waals surface area contributed by atoms with E-state index >= 15 is 0 Å². The van der Waals surface area contributed by atoms with Gasteiger partial charge in [0.2, 0.25) is 0 Å². The Labute approximate surface area is 381 Å². The minimum absolute atomic E-state index is 0.635. The summed E-state index contributed by atoms with van der Waals surface area (Å²) in [6, 6.07) is 79.9. The van der Waals surface area contributed by atoms with Gasteiger partial charge in [0.15, 0.2) is 34.9 Å². The standard InChI is InChI=1S/C60H38N6/c1-5-13-44(14-6-1)55-61-56(45-15-7-2-8-16-45)64-59(63-55)48-31-21-39(22-32-48)50-35-27-41-25-29-43-30-26-42-28-36-51(38-53(42)54(43)52(41)37-50)40-23-33-49(34-24-40)60-65-57(46-17-9-3-10-18-46)62-58(66-60)47-19-11-4-12-20-47/h1-38H. The molecule has 12 rings (SSSR count). The van der Waals surface area contributed by atoms with Crippen molar-refractivity contribution in [2.45, 2.75) is 0 Å². The number of aromatic nitrogens is 6. The quantitative estimate of drug-likeness (QED) is 0.142. The van der Waals surface area contributed by atoms with Crippen molar-refractivity contribution in [3.63, 3.8) is 0 Å². The molecular formula is C60H38N6. The van der Waals surface area contributed by atoms with Crippen LogP contribution in [0.25, 0.3) is 123 Å². The molecule has 0 N–H and O–H groups in total. The smallest absolute Gasteiger partial charge is 0.164 e. The number of hydrogen-bond donors (Lipinski definition) is 0. The van der Waals surface area contributed by atoms with E-state index < -0.39 is 0 Å². The van der Waals surface area contributed by atoms with Gasteiger partial charge in [-0.25, -0.2) is 29.9 Å². The van der Waals surface area contributed by atoms with Crippen LogP contribution in [0, 0.1) is 0 Å². The minimum Gasteiger partial charge on any atom is -0.208 e. The molecule has 0 aliphatic carbocycles. The average Bonchev–Trinajstić information content (AvgIpc) is 3.41. The highest BCUT2D eigenvalue weighted by atomic mass is 15.0. The number of hydrogen-bond acceptors (Lipinski definition) is 6. The van der Waals surface area contributed by atoms with Gasteiger partial charge in [-0.1, -0.05) is 218 Å². The number of benzene rings is 10. The second-order valence-corrected chi connectivity index (χ2v) is 16.3. The molecular weight excluding hydrogens is 805 g/mol. The maximum atomic E-state index is 4.95. The van der Waals surface area contributed by atoms with Crippen molar-refractivity contribution < 1.29 is 0 Å². The van der Waals surface area contributed by atoms with E-state index in [1.165, 1.54) is 32.3 Å². The topological polar surface area (TPSA) is 77.3 Å². The number of fused-ring (bicyclic) bond motifs is 5. The van der Waals surface area contributed by atoms with E-state index in [4.69, 9.17) is 29.9 Å². The van der Waals surface area contributed by atoms with E-state index in [0.717, 1.165) is 55.6 Å². The zero-order valence-corrected chi connectivity index (χ0v) is 35.6. The zero-order valence-electron chi connectivity index (χ0n) is 35.6. The van der Waals surface area contributed by atoms with Gasteiger partial charge < -0.3 is 0 Å². The Kier molecular flexibility index (Phi) is 9.73. The van der Waals surface area contributed by atoms with Crippen LogP contribution in [-0.2, 0) is 0 Å². The molecule has 2 heterocycles. The fourth-order valence-electron chi connectivity index (χ4n) is 8.73. The lowest BCUT2D eigenvalue weighted by atomic mass is 9.92. The predicted octanol–water partition coefficient (Wildman–Crippen LogP) is 14.9. The van der Waals surface area contributed by atoms with Crippen molar-refractivity contribution in [2.24, 2.45) is 0 Å². The van der Waals surface area contributed by atoms with Gasteiger partial charge in [0.1, 0.15) is 0 Å². The van der Waals surface area contributed by atoms with Crippen LogP contribution in [0.2, 0.25) is 0 Å². The molecule has 0 amide bonds. The van der Waals surface area contributed by atoms with Crippen molar-refractivity contribution in [2.75, 3.05) is 0 Å². The molecule has 0 bridgehead atoms. The van der Waals surface area contributed by atoms with E-state index in [-0.39, 0.29) is 0 Å². The molecule has 0 aliphatic heterocycles. The normalized spacial score (nSPS) is 11.3. The SMILES string of the molecule is c1ccc(-c2nc(-c3ccccc3)nc(-c3ccc(-c4ccc5ccc6ccc7ccc(-c8ccc(-c9nc(-c%10ccccc%10)nc(-c%10ccccc%10)n9)cc8)cc7c6c5c4)cc3)n2)cc1. The Hall–Kier alpha value is -9.00. The second-order valence-electron chi connectivity index (χ2n) is 16.3. The lowest BCUT2D eigenvalue weighted by Gasteiger charge is -2.12. The Bertz CT molecular complexity index is 3350. The summed E-state index contributed by atoms with van der Waals surface area (Å²) in [5, 5.41) is 7.25. The van der Waals surface area contributed by atoms with Gasteiger partial charge in [-0.2, -0.15) is 0 Å². The van der Waals surface area contributed by atoms with Gasteiger partial charge >= 0.3 is 0 Å². The highest BCUT2D eigenvalue weighted by molar-refractivity contribution is 6.21. The lowest BCUT2D eigenvalue weighted by Crippen LogP contribution is -2.00. The van der Waals surface area contributed by atoms with Gasteiger partial charge in [0.25, 0.3) is 0 Å². The summed E-state index contributed by atoms with van der Waals surface area (Å²) in [5.41, 5.74) is 10.1. The molecule has 0 unspecified atom stereocenters. The van der Waals surface area contributed by atoms with Crippen LogP contribution in [0.1, 0.15) is 0 Å². The molecule has 0 saturated heterocycles. The number of nitrogens with zero attached hydrogens (tertiary/aromatic N) is 6. The Balaban J connectivity index is 0.897. The van der Waals surface area contributed by atoms with Crippen LogP contribution in [0.15, 0.2) is 231 Å². The van der Waals surface area contributed by atoms with Crippen LogP contribution in [0.3, 0.4) is 0 Å². The maximum absolute atomic E-state index is 4.95. The summed E-state index contributed by atoms with van der Waals surface area (Å²) < 4.78 is 0. The molecule has 66 heavy (non-hydrogen) atoms. The molecule has 0 spiro atoms. The first-order valence-electron chi connectivity index (χ1n) is 22.0. The highest BCUT2D eigenvalue weighted by Crippen LogP contribution is 2.38. The van der Waals surface area contributed by atoms with Crippen LogP contribution in [0.4, 0.5) is 0 Å². The molecule has 2 aromatic heterocycles. The highest BCUT2D eigenvalue weighted by Gasteiger charge is 2.15. The Morgan fingerprint density at radius 2 is 0.409 bits per heavy atom. The molecule has 0 radical (unpaired) electrons. The van der Waals surface area contributed by atoms with Crippen LogP contribution in [-0.4, -0.2) is 29.9 Å². The zero-order chi connectivity index (χ0) is 43.8. The summed E-state index contributed by atoms with van der Waals surface area (Å²) in [6.07, 6.45) is 0. The Morgan fingerprint density at radius 1 is 0.182 bits per heavy atom. The van der Waals surface area contributed by atoms with E-state index in [0.29, 0.717) is 34.9 Å². The van der Waals surface area contributed by atoms with Crippen molar-refractivity contribution in [1.82, 2.24) is 29.9 Å². The first-order chi connectivity index (χ1) is 32.7. The first-order valence-corrected chi connectivity index (χ1v) is 22.0. The minimum atomic E-state index is 0.635. The fraction of sp³-hybridized carbons (Fsp3) is 0. The van der Waals surface area contributed by atoms with Crippen molar-refractivity contribution in [3.05, 3.63) is 231 Å². The monoisotopic (exact) mass is 842 g/mol. The van der Waals surface area contributed by atoms with Gasteiger partial charge in [-0.15, -0.1) is 0 Å². The first kappa shape index (κ1) is 38.7. The Morgan fingerprint density at radius 3 is 0.712 bits per heavy atom. The summed E-state index contributed by atoms with van der Waals surface area (Å²) in [6.45, 7) is 0. The molecule has 308 valence electrons. The van der Waals surface area contributed by atoms with Crippen molar-refractivity contribution >= 4 is 32.3 Å². The second kappa shape index (κ2) is 16.6. The summed E-state index contributed by atoms with van der Waals surface area (Å²) in [7, 11) is 0. The van der Waals surface area contributed by atoms with Gasteiger partial charge in [-0.05, 0) is 66.7 Å². The molecule has 12 aromatic rings. The molecule has 0 atom stereocenters. The largest absolute Gasteiger partial charge is 0.208 e. The van der Waals surface area contributed by atoms with E-state index in [1.54, 1.807) is 0 Å². The summed E-state index contributed by atoms with van der Waals surface area (Å²) in [4.78, 5) is 29.5. The van der Waals surface area contributed by atoms with E-state index in [9.17, 15) is 0 Å². The molecule has 0 aliphatic rings. The molecule has 10 aromatic carbocycles. The molecule has 0 fully saturated rings. The van der Waals surface area contributed by atoms with E-state index in [2.05, 4.69) is 109 Å².